The Morgan fingerprint density at radius 1 is 1.38 bits per heavy atom. The summed E-state index contributed by atoms with van der Waals surface area (Å²) in [5, 5.41) is 3.07. The lowest BCUT2D eigenvalue weighted by Crippen LogP contribution is -2.41. The Morgan fingerprint density at radius 2 is 2.15 bits per heavy atom. The number of aliphatic imine (C=N–C) groups is 1. The molecule has 0 aliphatic rings. The van der Waals surface area contributed by atoms with E-state index in [-0.39, 0.29) is 0 Å². The first-order chi connectivity index (χ1) is 6.35. The molecule has 0 aromatic heterocycles. The van der Waals surface area contributed by atoms with Crippen molar-refractivity contribution in [2.75, 3.05) is 27.3 Å². The quantitative estimate of drug-likeness (QED) is 0.178. The minimum absolute atomic E-state index is 0.631. The predicted molar refractivity (Wildman–Crippen MR) is 54.4 cm³/mol. The van der Waals surface area contributed by atoms with Gasteiger partial charge in [0.15, 0.2) is 0 Å². The molecular formula is C8H20N4O. The summed E-state index contributed by atoms with van der Waals surface area (Å²) in [6.07, 6.45) is 3.36. The number of nitrogens with two attached hydrogens (primary N) is 1. The van der Waals surface area contributed by atoms with Gasteiger partial charge in [-0.25, -0.2) is 5.84 Å². The minimum atomic E-state index is 0.631. The molecule has 5 nitrogen and oxygen atoms in total. The second-order valence-corrected chi connectivity index (χ2v) is 2.70. The van der Waals surface area contributed by atoms with Crippen LogP contribution >= 0.6 is 0 Å². The summed E-state index contributed by atoms with van der Waals surface area (Å²) >= 11 is 0. The van der Waals surface area contributed by atoms with E-state index in [4.69, 9.17) is 10.6 Å². The lowest BCUT2D eigenvalue weighted by Gasteiger charge is -2.07. The van der Waals surface area contributed by atoms with Gasteiger partial charge in [-0.3, -0.25) is 10.4 Å². The zero-order valence-corrected chi connectivity index (χ0v) is 8.47. The first-order valence-corrected chi connectivity index (χ1v) is 4.51. The van der Waals surface area contributed by atoms with Crippen LogP contribution in [0.15, 0.2) is 4.99 Å². The molecule has 0 atom stereocenters. The van der Waals surface area contributed by atoms with E-state index < -0.39 is 0 Å². The van der Waals surface area contributed by atoms with Crippen molar-refractivity contribution in [3.8, 4) is 0 Å². The van der Waals surface area contributed by atoms with Gasteiger partial charge in [0, 0.05) is 27.3 Å². The van der Waals surface area contributed by atoms with Gasteiger partial charge in [0.05, 0.1) is 0 Å². The normalized spacial score (nSPS) is 11.5. The van der Waals surface area contributed by atoms with Gasteiger partial charge in [-0.1, -0.05) is 0 Å². The molecule has 0 aliphatic carbocycles. The number of hydrogen-bond acceptors (Lipinski definition) is 3. The van der Waals surface area contributed by atoms with E-state index in [1.807, 2.05) is 0 Å². The second kappa shape index (κ2) is 9.28. The van der Waals surface area contributed by atoms with Crippen molar-refractivity contribution in [2.24, 2.45) is 10.8 Å². The highest BCUT2D eigenvalue weighted by Crippen LogP contribution is 1.93. The number of hydrazine groups is 1. The molecular weight excluding hydrogens is 168 g/mol. The third-order valence-electron chi connectivity index (χ3n) is 1.68. The third-order valence-corrected chi connectivity index (χ3v) is 1.68. The molecule has 0 spiro atoms. The van der Waals surface area contributed by atoms with E-state index in [0.29, 0.717) is 5.96 Å². The molecule has 0 aliphatic heterocycles. The fraction of sp³-hybridized carbons (Fsp3) is 0.875. The van der Waals surface area contributed by atoms with Crippen LogP contribution in [-0.2, 0) is 4.74 Å². The lowest BCUT2D eigenvalue weighted by molar-refractivity contribution is 0.192. The monoisotopic (exact) mass is 188 g/mol. The van der Waals surface area contributed by atoms with Crippen molar-refractivity contribution >= 4 is 5.96 Å². The van der Waals surface area contributed by atoms with Gasteiger partial charge in [-0.15, -0.1) is 0 Å². The van der Waals surface area contributed by atoms with E-state index in [9.17, 15) is 0 Å². The van der Waals surface area contributed by atoms with E-state index in [0.717, 1.165) is 32.4 Å². The number of methoxy groups -OCH3 is 1. The van der Waals surface area contributed by atoms with Crippen LogP contribution in [0.3, 0.4) is 0 Å². The van der Waals surface area contributed by atoms with Crippen LogP contribution in [0.2, 0.25) is 0 Å². The number of guanidine groups is 1. The van der Waals surface area contributed by atoms with E-state index >= 15 is 0 Å². The van der Waals surface area contributed by atoms with Gasteiger partial charge in [0.2, 0.25) is 5.96 Å². The van der Waals surface area contributed by atoms with Crippen LogP contribution in [0, 0.1) is 0 Å². The molecule has 13 heavy (non-hydrogen) atoms. The number of nitrogens with zero attached hydrogens (tertiary/aromatic N) is 1. The standard InChI is InChI=1S/C8H20N4O/c1-10-8(12-9)11-6-4-3-5-7-13-2/h3-7,9H2,1-2H3,(H2,10,11,12). The summed E-state index contributed by atoms with van der Waals surface area (Å²) in [6.45, 7) is 1.73. The summed E-state index contributed by atoms with van der Waals surface area (Å²) in [7, 11) is 3.41. The van der Waals surface area contributed by atoms with Crippen molar-refractivity contribution in [1.29, 1.82) is 0 Å². The van der Waals surface area contributed by atoms with Gasteiger partial charge in [-0.2, -0.15) is 0 Å². The number of ether oxygens (including phenoxy) is 1. The molecule has 0 amide bonds. The first kappa shape index (κ1) is 12.2. The van der Waals surface area contributed by atoms with Crippen molar-refractivity contribution in [2.45, 2.75) is 19.3 Å². The fourth-order valence-electron chi connectivity index (χ4n) is 0.950. The Morgan fingerprint density at radius 3 is 2.69 bits per heavy atom. The molecule has 0 fully saturated rings. The second-order valence-electron chi connectivity index (χ2n) is 2.70. The van der Waals surface area contributed by atoms with Crippen LogP contribution in [0.4, 0.5) is 0 Å². The molecule has 0 radical (unpaired) electrons. The summed E-state index contributed by atoms with van der Waals surface area (Å²) < 4.78 is 4.94. The molecule has 4 N–H and O–H groups in total. The Kier molecular flexibility index (Phi) is 8.70. The summed E-state index contributed by atoms with van der Waals surface area (Å²) in [4.78, 5) is 3.89. The van der Waals surface area contributed by atoms with E-state index in [1.165, 1.54) is 0 Å². The number of unbranched alkanes of at least 4 members (excludes halogenated alkanes) is 2. The van der Waals surface area contributed by atoms with Crippen LogP contribution in [-0.4, -0.2) is 33.3 Å². The van der Waals surface area contributed by atoms with Gasteiger partial charge < -0.3 is 10.1 Å². The molecule has 5 heteroatoms. The molecule has 0 unspecified atom stereocenters. The highest BCUT2D eigenvalue weighted by atomic mass is 16.5. The lowest BCUT2D eigenvalue weighted by atomic mass is 10.2. The zero-order valence-electron chi connectivity index (χ0n) is 8.47. The SMILES string of the molecule is CN=C(NN)NCCCCCOC. The molecule has 78 valence electrons. The average molecular weight is 188 g/mol. The summed E-state index contributed by atoms with van der Waals surface area (Å²) in [6, 6.07) is 0. The number of rotatable bonds is 6. The number of nitrogens with one attached hydrogen (secondary N) is 2. The van der Waals surface area contributed by atoms with Crippen molar-refractivity contribution < 1.29 is 4.74 Å². The molecule has 0 rings (SSSR count). The Hall–Kier alpha value is -0.810. The Balaban J connectivity index is 3.15. The smallest absolute Gasteiger partial charge is 0.205 e. The van der Waals surface area contributed by atoms with Gasteiger partial charge in [-0.05, 0) is 19.3 Å². The fourth-order valence-corrected chi connectivity index (χ4v) is 0.950. The van der Waals surface area contributed by atoms with Crippen LogP contribution in [0.1, 0.15) is 19.3 Å². The maximum atomic E-state index is 5.18. The van der Waals surface area contributed by atoms with Crippen molar-refractivity contribution in [1.82, 2.24) is 10.7 Å². The minimum Gasteiger partial charge on any atom is -0.385 e. The van der Waals surface area contributed by atoms with Crippen LogP contribution < -0.4 is 16.6 Å². The average Bonchev–Trinajstić information content (AvgIpc) is 2.17. The molecule has 0 aromatic rings. The van der Waals surface area contributed by atoms with E-state index in [2.05, 4.69) is 15.7 Å². The van der Waals surface area contributed by atoms with Crippen molar-refractivity contribution in [3.63, 3.8) is 0 Å². The predicted octanol–water partition coefficient (Wildman–Crippen LogP) is -0.158. The largest absolute Gasteiger partial charge is 0.385 e. The molecule has 0 aromatic carbocycles. The zero-order chi connectivity index (χ0) is 9.94. The maximum absolute atomic E-state index is 5.18. The van der Waals surface area contributed by atoms with Crippen LogP contribution in [0.25, 0.3) is 0 Å². The summed E-state index contributed by atoms with van der Waals surface area (Å²) in [5.41, 5.74) is 2.47. The van der Waals surface area contributed by atoms with Crippen LogP contribution in [0.5, 0.6) is 0 Å². The first-order valence-electron chi connectivity index (χ1n) is 4.51. The maximum Gasteiger partial charge on any atom is 0.205 e. The molecule has 0 bridgehead atoms. The van der Waals surface area contributed by atoms with E-state index in [1.54, 1.807) is 14.2 Å². The molecule has 0 heterocycles. The number of hydrogen-bond donors (Lipinski definition) is 3. The highest BCUT2D eigenvalue weighted by molar-refractivity contribution is 5.78. The van der Waals surface area contributed by atoms with Gasteiger partial charge in [0.1, 0.15) is 0 Å². The Bertz CT molecular complexity index is 138. The summed E-state index contributed by atoms with van der Waals surface area (Å²) in [5.74, 6) is 5.81. The Labute approximate surface area is 79.7 Å². The third kappa shape index (κ3) is 7.55. The van der Waals surface area contributed by atoms with Gasteiger partial charge >= 0.3 is 0 Å². The molecule has 0 saturated heterocycles. The van der Waals surface area contributed by atoms with Gasteiger partial charge in [0.25, 0.3) is 0 Å². The highest BCUT2D eigenvalue weighted by Gasteiger charge is 1.92. The van der Waals surface area contributed by atoms with Crippen molar-refractivity contribution in [3.05, 3.63) is 0 Å². The molecule has 0 saturated carbocycles. The topological polar surface area (TPSA) is 71.7 Å².